The van der Waals surface area contributed by atoms with Gasteiger partial charge in [0.05, 0.1) is 20.7 Å². The molecule has 0 rings (SSSR count). The zero-order chi connectivity index (χ0) is 20.2. The molecule has 0 heterocycles. The fourth-order valence-electron chi connectivity index (χ4n) is 3.07. The highest BCUT2D eigenvalue weighted by atomic mass is 35.5. The maximum Gasteiger partial charge on any atom is 0.305 e. The van der Waals surface area contributed by atoms with Crippen LogP contribution < -0.4 is 12.4 Å². The van der Waals surface area contributed by atoms with Crippen LogP contribution in [0.15, 0.2) is 0 Å². The highest BCUT2D eigenvalue weighted by Crippen LogP contribution is 2.09. The first-order valence-corrected chi connectivity index (χ1v) is 11.6. The molecule has 0 spiro atoms. The lowest BCUT2D eigenvalue weighted by Crippen LogP contribution is -3.00. The van der Waals surface area contributed by atoms with E-state index in [-0.39, 0.29) is 18.4 Å². The first-order valence-electron chi connectivity index (χ1n) is 11.6. The molecule has 0 bridgehead atoms. The van der Waals surface area contributed by atoms with Crippen molar-refractivity contribution in [3.05, 3.63) is 0 Å². The molecule has 170 valence electrons. The molecule has 0 aromatic heterocycles. The zero-order valence-corrected chi connectivity index (χ0v) is 20.0. The predicted octanol–water partition coefficient (Wildman–Crippen LogP) is 3.09. The van der Waals surface area contributed by atoms with Crippen molar-refractivity contribution in [2.24, 2.45) is 0 Å². The number of unbranched alkanes of at least 4 members (excludes halogenated alkanes) is 11. The van der Waals surface area contributed by atoms with Gasteiger partial charge in [-0.25, -0.2) is 0 Å². The smallest absolute Gasteiger partial charge is 0.305 e. The average molecular weight is 422 g/mol. The molecular weight excluding hydrogens is 374 g/mol. The largest absolute Gasteiger partial charge is 1.00 e. The molecule has 0 aliphatic carbocycles. The number of quaternary nitrogens is 1. The van der Waals surface area contributed by atoms with E-state index in [2.05, 4.69) is 27.9 Å². The quantitative estimate of drug-likeness (QED) is 0.131. The fourth-order valence-corrected chi connectivity index (χ4v) is 3.07. The normalized spacial score (nSPS) is 11.3. The monoisotopic (exact) mass is 421 g/mol. The van der Waals surface area contributed by atoms with Gasteiger partial charge in [-0.1, -0.05) is 84.5 Å². The summed E-state index contributed by atoms with van der Waals surface area (Å²) < 4.78 is 11.9. The minimum absolute atomic E-state index is 0. The predicted molar refractivity (Wildman–Crippen MR) is 115 cm³/mol. The number of hydrogen-bond donors (Lipinski definition) is 0. The van der Waals surface area contributed by atoms with Gasteiger partial charge >= 0.3 is 5.97 Å². The Balaban J connectivity index is 0. The number of likely N-dealkylation sites (N-methyl/N-ethyl adjacent to an activating group) is 1. The summed E-state index contributed by atoms with van der Waals surface area (Å²) in [7, 11) is 4.26. The summed E-state index contributed by atoms with van der Waals surface area (Å²) in [6.07, 6.45) is 16.9. The summed E-state index contributed by atoms with van der Waals surface area (Å²) in [5.74, 6) is -0.0449. The average Bonchev–Trinajstić information content (AvgIpc) is 2.63. The summed E-state index contributed by atoms with van der Waals surface area (Å²) in [5, 5.41) is 0. The number of carbonyl (C=O) groups is 1. The van der Waals surface area contributed by atoms with Crippen molar-refractivity contribution in [1.82, 2.24) is 0 Å². The van der Waals surface area contributed by atoms with E-state index >= 15 is 0 Å². The van der Waals surface area contributed by atoms with Crippen LogP contribution in [-0.2, 0) is 14.3 Å². The van der Waals surface area contributed by atoms with Crippen LogP contribution in [0.1, 0.15) is 104 Å². The van der Waals surface area contributed by atoms with Crippen molar-refractivity contribution in [3.8, 4) is 0 Å². The Bertz CT molecular complexity index is 338. The van der Waals surface area contributed by atoms with Gasteiger partial charge in [-0.15, -0.1) is 0 Å². The van der Waals surface area contributed by atoms with Crippen molar-refractivity contribution < 1.29 is 31.2 Å². The number of halogens is 1. The molecule has 0 atom stereocenters. The second-order valence-electron chi connectivity index (χ2n) is 8.56. The molecule has 0 saturated carbocycles. The van der Waals surface area contributed by atoms with Crippen LogP contribution in [0.5, 0.6) is 0 Å². The van der Waals surface area contributed by atoms with Crippen LogP contribution in [0.25, 0.3) is 0 Å². The van der Waals surface area contributed by atoms with Crippen LogP contribution in [0.2, 0.25) is 0 Å². The standard InChI is InChI=1S/C23H48NO3.ClH/c1-5-7-9-11-13-14-16-18-23(25)27-21-19-24(3,4)22-26-20-17-15-12-10-8-6-2;/h5-22H2,1-4H3;1H/q+1;/p-1. The maximum atomic E-state index is 11.8. The molecule has 0 N–H and O–H groups in total. The minimum Gasteiger partial charge on any atom is -1.00 e. The van der Waals surface area contributed by atoms with Crippen molar-refractivity contribution in [1.29, 1.82) is 0 Å². The number of rotatable bonds is 20. The highest BCUT2D eigenvalue weighted by Gasteiger charge is 2.16. The van der Waals surface area contributed by atoms with Crippen LogP contribution in [0.4, 0.5) is 0 Å². The van der Waals surface area contributed by atoms with Gasteiger partial charge in [-0.3, -0.25) is 4.79 Å². The number of nitrogens with zero attached hydrogens (tertiary/aromatic N) is 1. The molecule has 0 fully saturated rings. The summed E-state index contributed by atoms with van der Waals surface area (Å²) in [5.41, 5.74) is 0. The Morgan fingerprint density at radius 1 is 0.714 bits per heavy atom. The first kappa shape index (κ1) is 29.9. The Hall–Kier alpha value is -0.320. The lowest BCUT2D eigenvalue weighted by atomic mass is 10.1. The van der Waals surface area contributed by atoms with Crippen LogP contribution >= 0.6 is 0 Å². The molecule has 0 aliphatic heterocycles. The summed E-state index contributed by atoms with van der Waals surface area (Å²) in [6, 6.07) is 0. The molecule has 0 unspecified atom stereocenters. The van der Waals surface area contributed by atoms with Crippen LogP contribution in [-0.4, -0.2) is 51.0 Å². The maximum absolute atomic E-state index is 11.8. The third-order valence-electron chi connectivity index (χ3n) is 5.03. The Morgan fingerprint density at radius 2 is 1.21 bits per heavy atom. The first-order chi connectivity index (χ1) is 13.0. The lowest BCUT2D eigenvalue weighted by molar-refractivity contribution is -0.909. The van der Waals surface area contributed by atoms with E-state index < -0.39 is 0 Å². The van der Waals surface area contributed by atoms with E-state index in [1.165, 1.54) is 64.2 Å². The number of ether oxygens (including phenoxy) is 2. The summed E-state index contributed by atoms with van der Waals surface area (Å²) >= 11 is 0. The van der Waals surface area contributed by atoms with Crippen LogP contribution in [0, 0.1) is 0 Å². The minimum atomic E-state index is -0.0449. The molecular formula is C23H48ClNO3. The van der Waals surface area contributed by atoms with Crippen molar-refractivity contribution in [3.63, 3.8) is 0 Å². The third kappa shape index (κ3) is 22.0. The van der Waals surface area contributed by atoms with E-state index in [0.29, 0.717) is 19.8 Å². The van der Waals surface area contributed by atoms with Crippen molar-refractivity contribution in [2.75, 3.05) is 40.6 Å². The van der Waals surface area contributed by atoms with Gasteiger partial charge in [-0.05, 0) is 12.8 Å². The number of esters is 1. The number of carbonyl (C=O) groups excluding carboxylic acids is 1. The van der Waals surface area contributed by atoms with E-state index in [1.54, 1.807) is 0 Å². The number of hydrogen-bond acceptors (Lipinski definition) is 3. The van der Waals surface area contributed by atoms with Gasteiger partial charge in [0.1, 0.15) is 13.2 Å². The lowest BCUT2D eigenvalue weighted by Gasteiger charge is -2.28. The Labute approximate surface area is 181 Å². The summed E-state index contributed by atoms with van der Waals surface area (Å²) in [4.78, 5) is 11.8. The van der Waals surface area contributed by atoms with E-state index in [1.807, 2.05) is 0 Å². The van der Waals surface area contributed by atoms with E-state index in [9.17, 15) is 4.79 Å². The summed E-state index contributed by atoms with van der Waals surface area (Å²) in [6.45, 7) is 7.30. The van der Waals surface area contributed by atoms with E-state index in [4.69, 9.17) is 9.47 Å². The molecule has 0 aliphatic rings. The second-order valence-corrected chi connectivity index (χ2v) is 8.56. The Morgan fingerprint density at radius 3 is 1.79 bits per heavy atom. The van der Waals surface area contributed by atoms with Gasteiger partial charge in [0.15, 0.2) is 6.73 Å². The van der Waals surface area contributed by atoms with Gasteiger partial charge in [0, 0.05) is 6.42 Å². The SMILES string of the molecule is CCCCCCCCCC(=O)OCC[N+](C)(C)COCCCCCCCC.[Cl-]. The van der Waals surface area contributed by atoms with Gasteiger partial charge < -0.3 is 26.4 Å². The molecule has 0 saturated heterocycles. The van der Waals surface area contributed by atoms with Gasteiger partial charge in [0.25, 0.3) is 0 Å². The molecule has 5 heteroatoms. The highest BCUT2D eigenvalue weighted by molar-refractivity contribution is 5.69. The Kier molecular flexibility index (Phi) is 22.8. The molecule has 0 radical (unpaired) electrons. The molecule has 0 aromatic rings. The molecule has 0 aromatic carbocycles. The van der Waals surface area contributed by atoms with Crippen molar-refractivity contribution >= 4 is 5.97 Å². The molecule has 28 heavy (non-hydrogen) atoms. The zero-order valence-electron chi connectivity index (χ0n) is 19.3. The van der Waals surface area contributed by atoms with Gasteiger partial charge in [0.2, 0.25) is 0 Å². The second kappa shape index (κ2) is 21.4. The van der Waals surface area contributed by atoms with Crippen molar-refractivity contribution in [2.45, 2.75) is 104 Å². The van der Waals surface area contributed by atoms with Gasteiger partial charge in [-0.2, -0.15) is 0 Å². The molecule has 4 nitrogen and oxygen atoms in total. The molecule has 0 amide bonds. The fraction of sp³-hybridized carbons (Fsp3) is 0.957. The van der Waals surface area contributed by atoms with Crippen LogP contribution in [0.3, 0.4) is 0 Å². The van der Waals surface area contributed by atoms with E-state index in [0.717, 1.165) is 36.9 Å². The topological polar surface area (TPSA) is 35.5 Å². The third-order valence-corrected chi connectivity index (χ3v) is 5.03.